The van der Waals surface area contributed by atoms with E-state index >= 15 is 0 Å². The molecule has 1 saturated carbocycles. The van der Waals surface area contributed by atoms with Gasteiger partial charge in [0, 0.05) is 32.2 Å². The lowest BCUT2D eigenvalue weighted by Gasteiger charge is -2.36. The van der Waals surface area contributed by atoms with Crippen molar-refractivity contribution < 1.29 is 9.90 Å². The molecule has 0 bridgehead atoms. The molecule has 1 unspecified atom stereocenters. The van der Waals surface area contributed by atoms with Crippen molar-refractivity contribution in [3.8, 4) is 0 Å². The number of nitrogens with one attached hydrogen (secondary N) is 1. The summed E-state index contributed by atoms with van der Waals surface area (Å²) in [6, 6.07) is -0.0228. The number of carbonyl (C=O) groups is 1. The number of likely N-dealkylation sites (tertiary alicyclic amines) is 1. The van der Waals surface area contributed by atoms with Gasteiger partial charge in [0.05, 0.1) is 6.04 Å². The van der Waals surface area contributed by atoms with Crippen molar-refractivity contribution in [3.05, 3.63) is 0 Å². The van der Waals surface area contributed by atoms with Crippen LogP contribution in [0.2, 0.25) is 0 Å². The topological polar surface area (TPSA) is 52.6 Å². The van der Waals surface area contributed by atoms with Crippen LogP contribution in [0.3, 0.4) is 0 Å². The Balaban J connectivity index is 1.85. The van der Waals surface area contributed by atoms with E-state index in [0.717, 1.165) is 32.4 Å². The van der Waals surface area contributed by atoms with Crippen molar-refractivity contribution >= 4 is 5.91 Å². The molecule has 2 fully saturated rings. The molecule has 1 amide bonds. The highest BCUT2D eigenvalue weighted by molar-refractivity contribution is 5.83. The highest BCUT2D eigenvalue weighted by atomic mass is 16.3. The van der Waals surface area contributed by atoms with Gasteiger partial charge in [0.15, 0.2) is 0 Å². The van der Waals surface area contributed by atoms with Crippen molar-refractivity contribution in [1.82, 2.24) is 10.2 Å². The number of likely N-dealkylation sites (N-methyl/N-ethyl adjacent to an activating group) is 1. The van der Waals surface area contributed by atoms with E-state index in [-0.39, 0.29) is 24.0 Å². The van der Waals surface area contributed by atoms with E-state index in [9.17, 15) is 9.90 Å². The summed E-state index contributed by atoms with van der Waals surface area (Å²) < 4.78 is 0. The minimum Gasteiger partial charge on any atom is -0.396 e. The Hall–Kier alpha value is -0.610. The van der Waals surface area contributed by atoms with Gasteiger partial charge in [-0.1, -0.05) is 19.3 Å². The average molecular weight is 240 g/mol. The molecule has 1 atom stereocenters. The molecule has 98 valence electrons. The Labute approximate surface area is 103 Å². The van der Waals surface area contributed by atoms with Crippen LogP contribution in [0.1, 0.15) is 38.5 Å². The van der Waals surface area contributed by atoms with E-state index in [1.807, 2.05) is 7.05 Å². The lowest BCUT2D eigenvalue weighted by atomic mass is 9.74. The Morgan fingerprint density at radius 3 is 2.65 bits per heavy atom. The summed E-state index contributed by atoms with van der Waals surface area (Å²) in [5, 5.41) is 13.0. The first-order valence-electron chi connectivity index (χ1n) is 6.76. The third-order valence-corrected chi connectivity index (χ3v) is 4.40. The van der Waals surface area contributed by atoms with Crippen LogP contribution < -0.4 is 5.32 Å². The zero-order valence-corrected chi connectivity index (χ0v) is 10.7. The SMILES string of the molecule is CN1CCC(NCC2(CO)CCCCC2)C1=O. The molecule has 0 aromatic carbocycles. The fourth-order valence-electron chi connectivity index (χ4n) is 3.04. The number of aliphatic hydroxyl groups excluding tert-OH is 1. The van der Waals surface area contributed by atoms with Gasteiger partial charge in [-0.3, -0.25) is 4.79 Å². The fraction of sp³-hybridized carbons (Fsp3) is 0.923. The summed E-state index contributed by atoms with van der Waals surface area (Å²) in [6.07, 6.45) is 6.78. The van der Waals surface area contributed by atoms with Gasteiger partial charge in [-0.15, -0.1) is 0 Å². The molecule has 0 aromatic rings. The highest BCUT2D eigenvalue weighted by Gasteiger charge is 2.34. The third-order valence-electron chi connectivity index (χ3n) is 4.40. The number of carbonyl (C=O) groups excluding carboxylic acids is 1. The van der Waals surface area contributed by atoms with Crippen LogP contribution in [-0.4, -0.2) is 48.7 Å². The molecule has 2 N–H and O–H groups in total. The second-order valence-corrected chi connectivity index (χ2v) is 5.70. The molecule has 2 aliphatic rings. The van der Waals surface area contributed by atoms with E-state index in [2.05, 4.69) is 5.32 Å². The Morgan fingerprint density at radius 1 is 1.41 bits per heavy atom. The van der Waals surface area contributed by atoms with E-state index in [1.54, 1.807) is 4.90 Å². The molecule has 1 saturated heterocycles. The number of nitrogens with zero attached hydrogens (tertiary/aromatic N) is 1. The smallest absolute Gasteiger partial charge is 0.239 e. The van der Waals surface area contributed by atoms with Gasteiger partial charge in [0.2, 0.25) is 5.91 Å². The largest absolute Gasteiger partial charge is 0.396 e. The molecule has 2 rings (SSSR count). The molecular weight excluding hydrogens is 216 g/mol. The number of aliphatic hydroxyl groups is 1. The van der Waals surface area contributed by atoms with Crippen molar-refractivity contribution in [2.75, 3.05) is 26.7 Å². The summed E-state index contributed by atoms with van der Waals surface area (Å²) in [5.41, 5.74) is 0.0275. The Morgan fingerprint density at radius 2 is 2.12 bits per heavy atom. The first-order valence-corrected chi connectivity index (χ1v) is 6.76. The summed E-state index contributed by atoms with van der Waals surface area (Å²) in [4.78, 5) is 13.6. The van der Waals surface area contributed by atoms with Gasteiger partial charge in [0.25, 0.3) is 0 Å². The molecule has 17 heavy (non-hydrogen) atoms. The summed E-state index contributed by atoms with van der Waals surface area (Å²) in [7, 11) is 1.85. The first-order chi connectivity index (χ1) is 8.17. The Bertz CT molecular complexity index is 275. The minimum absolute atomic E-state index is 0.0228. The maximum atomic E-state index is 11.8. The Kier molecular flexibility index (Phi) is 4.05. The second kappa shape index (κ2) is 5.36. The van der Waals surface area contributed by atoms with Crippen LogP contribution in [0, 0.1) is 5.41 Å². The molecule has 0 aromatic heterocycles. The molecular formula is C13H24N2O2. The van der Waals surface area contributed by atoms with Crippen LogP contribution >= 0.6 is 0 Å². The first kappa shape index (κ1) is 12.8. The number of hydrogen-bond donors (Lipinski definition) is 2. The normalized spacial score (nSPS) is 28.7. The van der Waals surface area contributed by atoms with Crippen LogP contribution in [0.5, 0.6) is 0 Å². The molecule has 1 aliphatic carbocycles. The lowest BCUT2D eigenvalue weighted by Crippen LogP contribution is -2.45. The molecule has 4 heteroatoms. The van der Waals surface area contributed by atoms with Crippen molar-refractivity contribution in [1.29, 1.82) is 0 Å². The quantitative estimate of drug-likeness (QED) is 0.762. The van der Waals surface area contributed by atoms with Crippen LogP contribution in [0.4, 0.5) is 0 Å². The second-order valence-electron chi connectivity index (χ2n) is 5.70. The van der Waals surface area contributed by atoms with E-state index in [0.29, 0.717) is 0 Å². The molecule has 1 aliphatic heterocycles. The number of hydrogen-bond acceptors (Lipinski definition) is 3. The monoisotopic (exact) mass is 240 g/mol. The van der Waals surface area contributed by atoms with Crippen LogP contribution in [0.15, 0.2) is 0 Å². The fourth-order valence-corrected chi connectivity index (χ4v) is 3.04. The molecule has 1 heterocycles. The summed E-state index contributed by atoms with van der Waals surface area (Å²) in [5.74, 6) is 0.203. The predicted molar refractivity (Wildman–Crippen MR) is 66.6 cm³/mol. The minimum atomic E-state index is -0.0228. The van der Waals surface area contributed by atoms with Crippen LogP contribution in [-0.2, 0) is 4.79 Å². The lowest BCUT2D eigenvalue weighted by molar-refractivity contribution is -0.128. The maximum Gasteiger partial charge on any atom is 0.239 e. The third kappa shape index (κ3) is 2.80. The van der Waals surface area contributed by atoms with E-state index in [1.165, 1.54) is 19.3 Å². The molecule has 4 nitrogen and oxygen atoms in total. The average Bonchev–Trinajstić information content (AvgIpc) is 2.69. The molecule has 0 radical (unpaired) electrons. The summed E-state index contributed by atoms with van der Waals surface area (Å²) in [6.45, 7) is 1.88. The molecule has 0 spiro atoms. The maximum absolute atomic E-state index is 11.8. The van der Waals surface area contributed by atoms with Gasteiger partial charge in [0.1, 0.15) is 0 Å². The summed E-state index contributed by atoms with van der Waals surface area (Å²) >= 11 is 0. The predicted octanol–water partition coefficient (Wildman–Crippen LogP) is 0.749. The van der Waals surface area contributed by atoms with Gasteiger partial charge in [-0.2, -0.15) is 0 Å². The van der Waals surface area contributed by atoms with Crippen molar-refractivity contribution in [2.24, 2.45) is 5.41 Å². The van der Waals surface area contributed by atoms with Crippen molar-refractivity contribution in [3.63, 3.8) is 0 Å². The number of rotatable bonds is 4. The van der Waals surface area contributed by atoms with Gasteiger partial charge in [-0.05, 0) is 19.3 Å². The number of amides is 1. The van der Waals surface area contributed by atoms with Gasteiger partial charge in [-0.25, -0.2) is 0 Å². The van der Waals surface area contributed by atoms with E-state index < -0.39 is 0 Å². The van der Waals surface area contributed by atoms with Gasteiger partial charge >= 0.3 is 0 Å². The standard InChI is InChI=1S/C13H24N2O2/c1-15-8-5-11(12(15)17)14-9-13(10-16)6-3-2-4-7-13/h11,14,16H,2-10H2,1H3. The zero-order chi connectivity index (χ0) is 12.3. The van der Waals surface area contributed by atoms with E-state index in [4.69, 9.17) is 0 Å². The van der Waals surface area contributed by atoms with Gasteiger partial charge < -0.3 is 15.3 Å². The zero-order valence-electron chi connectivity index (χ0n) is 10.7. The van der Waals surface area contributed by atoms with Crippen LogP contribution in [0.25, 0.3) is 0 Å². The van der Waals surface area contributed by atoms with Crippen molar-refractivity contribution in [2.45, 2.75) is 44.6 Å². The highest BCUT2D eigenvalue weighted by Crippen LogP contribution is 2.35.